The average molecular weight is 220 g/mol. The zero-order chi connectivity index (χ0) is 10.6. The molecule has 0 spiro atoms. The fraction of sp³-hybridized carbons (Fsp3) is 0.300. The molecule has 1 N–H and O–H groups in total. The summed E-state index contributed by atoms with van der Waals surface area (Å²) in [5.74, 6) is 0.238. The van der Waals surface area contributed by atoms with Gasteiger partial charge in [0.15, 0.2) is 6.10 Å². The molecule has 4 nitrogen and oxygen atoms in total. The van der Waals surface area contributed by atoms with Gasteiger partial charge in [0, 0.05) is 0 Å². The van der Waals surface area contributed by atoms with Crippen LogP contribution in [-0.4, -0.2) is 53.8 Å². The van der Waals surface area contributed by atoms with Crippen molar-refractivity contribution < 1.29 is 19.4 Å². The third-order valence-electron chi connectivity index (χ3n) is 1.72. The predicted octanol–water partition coefficient (Wildman–Crippen LogP) is 0.899. The van der Waals surface area contributed by atoms with Crippen molar-refractivity contribution in [1.82, 2.24) is 0 Å². The van der Waals surface area contributed by atoms with Crippen molar-refractivity contribution >= 4 is 35.5 Å². The van der Waals surface area contributed by atoms with Crippen molar-refractivity contribution in [3.63, 3.8) is 0 Å². The Morgan fingerprint density at radius 3 is 2.13 bits per heavy atom. The van der Waals surface area contributed by atoms with Crippen LogP contribution in [0.4, 0.5) is 0 Å². The minimum atomic E-state index is -0.985. The topological polar surface area (TPSA) is 55.8 Å². The van der Waals surface area contributed by atoms with Gasteiger partial charge in [0.2, 0.25) is 0 Å². The monoisotopic (exact) mass is 220 g/mol. The van der Waals surface area contributed by atoms with E-state index in [9.17, 15) is 4.79 Å². The van der Waals surface area contributed by atoms with Crippen molar-refractivity contribution in [3.8, 4) is 11.5 Å². The van der Waals surface area contributed by atoms with Gasteiger partial charge in [0.05, 0.1) is 7.11 Å². The molecule has 0 amide bonds. The van der Waals surface area contributed by atoms with Crippen LogP contribution in [0, 0.1) is 0 Å². The summed E-state index contributed by atoms with van der Waals surface area (Å²) in [6, 6.07) is 6.75. The van der Waals surface area contributed by atoms with E-state index in [1.165, 1.54) is 6.92 Å². The SMILES string of the molecule is COc1ccc(OC(C)C(=O)O)cc1.[NaH]. The van der Waals surface area contributed by atoms with Crippen LogP contribution in [0.3, 0.4) is 0 Å². The number of ether oxygens (including phenoxy) is 2. The van der Waals surface area contributed by atoms with Gasteiger partial charge in [-0.2, -0.15) is 0 Å². The number of rotatable bonds is 4. The standard InChI is InChI=1S/C10H12O4.Na.H/c1-7(10(11)12)14-9-5-3-8(13-2)4-6-9;;/h3-7H,1-2H3,(H,11,12);;. The molecule has 1 rings (SSSR count). The fourth-order valence-electron chi connectivity index (χ4n) is 0.909. The van der Waals surface area contributed by atoms with Crippen LogP contribution >= 0.6 is 0 Å². The molecule has 1 unspecified atom stereocenters. The summed E-state index contributed by atoms with van der Waals surface area (Å²) in [5.41, 5.74) is 0. The molecule has 0 bridgehead atoms. The molecule has 0 aromatic heterocycles. The van der Waals surface area contributed by atoms with E-state index in [2.05, 4.69) is 0 Å². The van der Waals surface area contributed by atoms with Gasteiger partial charge >= 0.3 is 35.5 Å². The van der Waals surface area contributed by atoms with Gasteiger partial charge in [-0.15, -0.1) is 0 Å². The summed E-state index contributed by atoms with van der Waals surface area (Å²) in [5, 5.41) is 8.59. The molecule has 15 heavy (non-hydrogen) atoms. The van der Waals surface area contributed by atoms with Crippen LogP contribution in [0.15, 0.2) is 24.3 Å². The molecule has 1 aromatic rings. The summed E-state index contributed by atoms with van der Waals surface area (Å²) in [7, 11) is 1.57. The Hall–Kier alpha value is -0.710. The molecule has 0 aliphatic carbocycles. The molecular weight excluding hydrogens is 207 g/mol. The molecule has 1 aromatic carbocycles. The van der Waals surface area contributed by atoms with Crippen LogP contribution in [0.5, 0.6) is 11.5 Å². The Kier molecular flexibility index (Phi) is 6.40. The predicted molar refractivity (Wildman–Crippen MR) is 57.9 cm³/mol. The van der Waals surface area contributed by atoms with Gasteiger partial charge in [-0.3, -0.25) is 0 Å². The number of hydrogen-bond acceptors (Lipinski definition) is 3. The first-order chi connectivity index (χ1) is 6.63. The van der Waals surface area contributed by atoms with Crippen LogP contribution in [0.25, 0.3) is 0 Å². The summed E-state index contributed by atoms with van der Waals surface area (Å²) >= 11 is 0. The van der Waals surface area contributed by atoms with Crippen molar-refractivity contribution in [3.05, 3.63) is 24.3 Å². The molecule has 0 saturated carbocycles. The van der Waals surface area contributed by atoms with Crippen molar-refractivity contribution in [1.29, 1.82) is 0 Å². The van der Waals surface area contributed by atoms with E-state index in [0.717, 1.165) is 0 Å². The quantitative estimate of drug-likeness (QED) is 0.766. The first-order valence-electron chi connectivity index (χ1n) is 4.17. The number of carbonyl (C=O) groups is 1. The number of hydrogen-bond donors (Lipinski definition) is 1. The van der Waals surface area contributed by atoms with Crippen molar-refractivity contribution in [2.45, 2.75) is 13.0 Å². The Balaban J connectivity index is 0.00000196. The molecule has 0 fully saturated rings. The third kappa shape index (κ3) is 4.55. The van der Waals surface area contributed by atoms with Gasteiger partial charge in [-0.1, -0.05) is 0 Å². The minimum absolute atomic E-state index is 0. The summed E-state index contributed by atoms with van der Waals surface area (Å²) in [6.07, 6.45) is -0.844. The molecule has 0 aliphatic heterocycles. The van der Waals surface area contributed by atoms with Crippen LogP contribution in [0.1, 0.15) is 6.92 Å². The number of carboxylic acids is 1. The maximum atomic E-state index is 10.5. The fourth-order valence-corrected chi connectivity index (χ4v) is 0.909. The van der Waals surface area contributed by atoms with Gasteiger partial charge < -0.3 is 14.6 Å². The van der Waals surface area contributed by atoms with E-state index < -0.39 is 12.1 Å². The summed E-state index contributed by atoms with van der Waals surface area (Å²) in [4.78, 5) is 10.5. The van der Waals surface area contributed by atoms with E-state index in [1.54, 1.807) is 31.4 Å². The maximum absolute atomic E-state index is 10.5. The first-order valence-corrected chi connectivity index (χ1v) is 4.17. The number of methoxy groups -OCH3 is 1. The Morgan fingerprint density at radius 2 is 1.73 bits per heavy atom. The van der Waals surface area contributed by atoms with E-state index in [-0.39, 0.29) is 29.6 Å². The second-order valence-electron chi connectivity index (χ2n) is 2.77. The molecule has 78 valence electrons. The van der Waals surface area contributed by atoms with Gasteiger partial charge in [0.25, 0.3) is 0 Å². The molecule has 1 atom stereocenters. The van der Waals surface area contributed by atoms with Crippen LogP contribution in [-0.2, 0) is 4.79 Å². The van der Waals surface area contributed by atoms with Crippen molar-refractivity contribution in [2.75, 3.05) is 7.11 Å². The molecule has 0 aliphatic rings. The second kappa shape index (κ2) is 6.71. The number of benzene rings is 1. The summed E-state index contributed by atoms with van der Waals surface area (Å²) < 4.78 is 10.1. The van der Waals surface area contributed by atoms with Gasteiger partial charge in [-0.25, -0.2) is 4.79 Å². The zero-order valence-corrected chi connectivity index (χ0v) is 8.06. The van der Waals surface area contributed by atoms with Gasteiger partial charge in [-0.05, 0) is 31.2 Å². The van der Waals surface area contributed by atoms with E-state index in [4.69, 9.17) is 14.6 Å². The Bertz CT molecular complexity index is 310. The van der Waals surface area contributed by atoms with Crippen LogP contribution < -0.4 is 9.47 Å². The van der Waals surface area contributed by atoms with E-state index in [0.29, 0.717) is 11.5 Å². The molecular formula is C10H13NaO4. The molecule has 5 heteroatoms. The second-order valence-corrected chi connectivity index (χ2v) is 2.77. The third-order valence-corrected chi connectivity index (χ3v) is 1.72. The Morgan fingerprint density at radius 1 is 1.27 bits per heavy atom. The number of carboxylic acid groups (broad SMARTS) is 1. The molecule has 0 radical (unpaired) electrons. The summed E-state index contributed by atoms with van der Waals surface area (Å²) in [6.45, 7) is 1.48. The average Bonchev–Trinajstić information content (AvgIpc) is 2.19. The molecule has 0 heterocycles. The number of aliphatic carboxylic acids is 1. The normalized spacial score (nSPS) is 11.1. The Labute approximate surface area is 110 Å². The van der Waals surface area contributed by atoms with Crippen LogP contribution in [0.2, 0.25) is 0 Å². The van der Waals surface area contributed by atoms with E-state index in [1.807, 2.05) is 0 Å². The van der Waals surface area contributed by atoms with E-state index >= 15 is 0 Å². The van der Waals surface area contributed by atoms with Crippen molar-refractivity contribution in [2.24, 2.45) is 0 Å². The first kappa shape index (κ1) is 14.3. The zero-order valence-electron chi connectivity index (χ0n) is 8.06. The molecule has 0 saturated heterocycles. The van der Waals surface area contributed by atoms with Gasteiger partial charge in [0.1, 0.15) is 11.5 Å².